The molecule has 1 heterocycles. The summed E-state index contributed by atoms with van der Waals surface area (Å²) in [7, 11) is 1.90. The van der Waals surface area contributed by atoms with Gasteiger partial charge in [0.1, 0.15) is 0 Å². The summed E-state index contributed by atoms with van der Waals surface area (Å²) in [6.45, 7) is 14.3. The third kappa shape index (κ3) is 7.43. The fourth-order valence-electron chi connectivity index (χ4n) is 4.62. The molecule has 0 aromatic rings. The van der Waals surface area contributed by atoms with Crippen molar-refractivity contribution in [1.82, 2.24) is 10.2 Å². The number of hydrogen-bond acceptors (Lipinski definition) is 4. The SMILES string of the molecule is C=C(CCN1CC2=C(C=C(C3=C(C)CCC=C3)CC2)N=C1N)NC.CC.CC1CCCC1. The van der Waals surface area contributed by atoms with Crippen LogP contribution in [0.1, 0.15) is 85.5 Å². The van der Waals surface area contributed by atoms with Gasteiger partial charge < -0.3 is 16.0 Å². The highest BCUT2D eigenvalue weighted by Gasteiger charge is 2.23. The highest BCUT2D eigenvalue weighted by molar-refractivity contribution is 5.81. The molecule has 1 aliphatic heterocycles. The molecule has 3 N–H and O–H groups in total. The van der Waals surface area contributed by atoms with Crippen LogP contribution in [-0.2, 0) is 0 Å². The molecule has 1 fully saturated rings. The van der Waals surface area contributed by atoms with Crippen LogP contribution in [-0.4, -0.2) is 31.0 Å². The Kier molecular flexibility index (Phi) is 10.9. The number of nitrogens with two attached hydrogens (primary N) is 1. The van der Waals surface area contributed by atoms with Gasteiger partial charge in [-0.25, -0.2) is 4.99 Å². The van der Waals surface area contributed by atoms with Crippen LogP contribution in [0.4, 0.5) is 0 Å². The number of hydrogen-bond donors (Lipinski definition) is 2. The van der Waals surface area contributed by atoms with E-state index in [2.05, 4.69) is 53.9 Å². The Hall–Kier alpha value is -2.23. The van der Waals surface area contributed by atoms with Gasteiger partial charge in [-0.2, -0.15) is 0 Å². The second kappa shape index (κ2) is 13.3. The Morgan fingerprint density at radius 1 is 1.22 bits per heavy atom. The monoisotopic (exact) mass is 438 g/mol. The molecule has 0 aromatic heterocycles. The molecule has 0 unspecified atom stereocenters. The van der Waals surface area contributed by atoms with Gasteiger partial charge in [-0.1, -0.05) is 70.8 Å². The topological polar surface area (TPSA) is 53.6 Å². The van der Waals surface area contributed by atoms with Gasteiger partial charge in [0.05, 0.1) is 5.70 Å². The summed E-state index contributed by atoms with van der Waals surface area (Å²) in [5, 5.41) is 3.09. The Morgan fingerprint density at radius 2 is 1.94 bits per heavy atom. The molecule has 0 amide bonds. The van der Waals surface area contributed by atoms with E-state index in [0.717, 1.165) is 56.1 Å². The number of nitrogens with zero attached hydrogens (tertiary/aromatic N) is 2. The van der Waals surface area contributed by atoms with E-state index in [9.17, 15) is 0 Å². The third-order valence-electron chi connectivity index (χ3n) is 6.77. The van der Waals surface area contributed by atoms with Crippen molar-refractivity contribution in [3.05, 3.63) is 58.5 Å². The molecule has 4 nitrogen and oxygen atoms in total. The molecule has 1 saturated carbocycles. The van der Waals surface area contributed by atoms with Crippen LogP contribution in [0, 0.1) is 5.92 Å². The molecule has 4 aliphatic rings. The minimum absolute atomic E-state index is 0.625. The Morgan fingerprint density at radius 3 is 2.53 bits per heavy atom. The summed E-state index contributed by atoms with van der Waals surface area (Å²) < 4.78 is 0. The van der Waals surface area contributed by atoms with E-state index >= 15 is 0 Å². The average Bonchev–Trinajstić information content (AvgIpc) is 3.30. The van der Waals surface area contributed by atoms with Crippen molar-refractivity contribution in [2.75, 3.05) is 20.1 Å². The molecule has 0 spiro atoms. The fourth-order valence-corrected chi connectivity index (χ4v) is 4.62. The summed E-state index contributed by atoms with van der Waals surface area (Å²) in [4.78, 5) is 6.84. The van der Waals surface area contributed by atoms with Gasteiger partial charge in [-0.3, -0.25) is 0 Å². The van der Waals surface area contributed by atoms with Crippen molar-refractivity contribution < 1.29 is 0 Å². The van der Waals surface area contributed by atoms with Gasteiger partial charge in [0.15, 0.2) is 5.96 Å². The van der Waals surface area contributed by atoms with Crippen LogP contribution in [0.2, 0.25) is 0 Å². The van der Waals surface area contributed by atoms with Gasteiger partial charge in [0.25, 0.3) is 0 Å². The number of nitrogens with one attached hydrogen (secondary N) is 1. The quantitative estimate of drug-likeness (QED) is 0.508. The molecule has 3 aliphatic carbocycles. The van der Waals surface area contributed by atoms with Crippen molar-refractivity contribution in [3.63, 3.8) is 0 Å². The Labute approximate surface area is 197 Å². The molecular weight excluding hydrogens is 392 g/mol. The summed E-state index contributed by atoms with van der Waals surface area (Å²) >= 11 is 0. The van der Waals surface area contributed by atoms with E-state index in [-0.39, 0.29) is 0 Å². The van der Waals surface area contributed by atoms with E-state index < -0.39 is 0 Å². The number of allylic oxidation sites excluding steroid dienone is 6. The number of aliphatic imine (C=N–C) groups is 1. The van der Waals surface area contributed by atoms with Crippen molar-refractivity contribution in [2.45, 2.75) is 85.5 Å². The average molecular weight is 439 g/mol. The smallest absolute Gasteiger partial charge is 0.196 e. The lowest BCUT2D eigenvalue weighted by molar-refractivity contribution is 0.430. The maximum absolute atomic E-state index is 6.20. The maximum atomic E-state index is 6.20. The number of rotatable bonds is 5. The lowest BCUT2D eigenvalue weighted by atomic mass is 9.86. The van der Waals surface area contributed by atoms with Crippen LogP contribution in [0.3, 0.4) is 0 Å². The van der Waals surface area contributed by atoms with Gasteiger partial charge in [-0.05, 0) is 61.3 Å². The minimum atomic E-state index is 0.625. The molecule has 0 aromatic carbocycles. The van der Waals surface area contributed by atoms with Crippen LogP contribution >= 0.6 is 0 Å². The van der Waals surface area contributed by atoms with Crippen molar-refractivity contribution in [3.8, 4) is 0 Å². The van der Waals surface area contributed by atoms with E-state index in [1.807, 2.05) is 20.9 Å². The first-order valence-electron chi connectivity index (χ1n) is 12.7. The second-order valence-electron chi connectivity index (χ2n) is 9.18. The maximum Gasteiger partial charge on any atom is 0.196 e. The second-order valence-corrected chi connectivity index (χ2v) is 9.18. The predicted octanol–water partition coefficient (Wildman–Crippen LogP) is 6.60. The zero-order valence-corrected chi connectivity index (χ0v) is 21.3. The Bertz CT molecular complexity index is 788. The first kappa shape index (κ1) is 26.0. The molecular formula is C28H46N4. The molecule has 178 valence electrons. The van der Waals surface area contributed by atoms with Crippen molar-refractivity contribution >= 4 is 5.96 Å². The summed E-state index contributed by atoms with van der Waals surface area (Å²) in [6.07, 6.45) is 18.1. The fraction of sp³-hybridized carbons (Fsp3) is 0.607. The molecule has 4 heteroatoms. The molecule has 4 rings (SSSR count). The highest BCUT2D eigenvalue weighted by atomic mass is 15.3. The van der Waals surface area contributed by atoms with E-state index in [1.165, 1.54) is 54.4 Å². The third-order valence-corrected chi connectivity index (χ3v) is 6.77. The summed E-state index contributed by atoms with van der Waals surface area (Å²) in [5.41, 5.74) is 14.0. The molecule has 0 radical (unpaired) electrons. The zero-order chi connectivity index (χ0) is 23.5. The standard InChI is InChI=1S/C20H28N4.C6H12.C2H6/c1-14-6-4-5-7-18(14)16-8-9-17-13-24(11-10-15(2)22-3)20(21)23-19(17)12-16;1-6-4-2-3-5-6;1-2/h5,7,12,22H,2,4,6,8-11,13H2,1,3H3,(H2,21,23);6H,2-5H2,1H3;1-2H3. The van der Waals surface area contributed by atoms with Crippen LogP contribution < -0.4 is 11.1 Å². The first-order valence-corrected chi connectivity index (χ1v) is 12.7. The molecule has 0 saturated heterocycles. The van der Waals surface area contributed by atoms with Crippen LogP contribution in [0.5, 0.6) is 0 Å². The van der Waals surface area contributed by atoms with Crippen molar-refractivity contribution in [2.24, 2.45) is 16.6 Å². The lowest BCUT2D eigenvalue weighted by Gasteiger charge is -2.32. The van der Waals surface area contributed by atoms with Gasteiger partial charge >= 0.3 is 0 Å². The Balaban J connectivity index is 0.000000387. The largest absolute Gasteiger partial charge is 0.392 e. The molecule has 32 heavy (non-hydrogen) atoms. The predicted molar refractivity (Wildman–Crippen MR) is 140 cm³/mol. The summed E-state index contributed by atoms with van der Waals surface area (Å²) in [5.74, 6) is 1.67. The van der Waals surface area contributed by atoms with Gasteiger partial charge in [-0.15, -0.1) is 0 Å². The van der Waals surface area contributed by atoms with Crippen LogP contribution in [0.15, 0.2) is 63.5 Å². The molecule has 0 bridgehead atoms. The van der Waals surface area contributed by atoms with E-state index in [4.69, 9.17) is 5.73 Å². The van der Waals surface area contributed by atoms with Crippen molar-refractivity contribution in [1.29, 1.82) is 0 Å². The van der Waals surface area contributed by atoms with Gasteiger partial charge in [0, 0.05) is 32.3 Å². The molecule has 0 atom stereocenters. The van der Waals surface area contributed by atoms with E-state index in [1.54, 1.807) is 0 Å². The van der Waals surface area contributed by atoms with Crippen LogP contribution in [0.25, 0.3) is 0 Å². The number of guanidine groups is 1. The normalized spacial score (nSPS) is 20.5. The van der Waals surface area contributed by atoms with Gasteiger partial charge in [0.2, 0.25) is 0 Å². The highest BCUT2D eigenvalue weighted by Crippen LogP contribution is 2.35. The lowest BCUT2D eigenvalue weighted by Crippen LogP contribution is -2.42. The summed E-state index contributed by atoms with van der Waals surface area (Å²) in [6, 6.07) is 0. The zero-order valence-electron chi connectivity index (χ0n) is 21.3. The first-order chi connectivity index (χ1) is 15.5. The van der Waals surface area contributed by atoms with E-state index in [0.29, 0.717) is 5.96 Å². The minimum Gasteiger partial charge on any atom is -0.392 e.